The van der Waals surface area contributed by atoms with Gasteiger partial charge < -0.3 is 10.1 Å². The molecule has 19 heavy (non-hydrogen) atoms. The van der Waals surface area contributed by atoms with Crippen LogP contribution in [-0.2, 0) is 0 Å². The molecule has 0 saturated heterocycles. The van der Waals surface area contributed by atoms with Crippen LogP contribution in [0.2, 0.25) is 0 Å². The van der Waals surface area contributed by atoms with Crippen LogP contribution in [0.3, 0.4) is 0 Å². The molecule has 1 N–H and O–H groups in total. The third-order valence-corrected chi connectivity index (χ3v) is 3.09. The van der Waals surface area contributed by atoms with E-state index in [1.54, 1.807) is 13.3 Å². The van der Waals surface area contributed by atoms with Crippen LogP contribution in [0.15, 0.2) is 24.5 Å². The first-order chi connectivity index (χ1) is 9.26. The smallest absolute Gasteiger partial charge is 0.212 e. The summed E-state index contributed by atoms with van der Waals surface area (Å²) < 4.78 is 5.04. The van der Waals surface area contributed by atoms with E-state index in [1.807, 2.05) is 25.3 Å². The Kier molecular flexibility index (Phi) is 3.03. The Morgan fingerprint density at radius 1 is 1.21 bits per heavy atom. The Morgan fingerprint density at radius 2 is 2.05 bits per heavy atom. The number of anilines is 1. The van der Waals surface area contributed by atoms with Gasteiger partial charge in [-0.15, -0.1) is 0 Å². The lowest BCUT2D eigenvalue weighted by molar-refractivity contribution is 0.398. The van der Waals surface area contributed by atoms with Crippen molar-refractivity contribution >= 4 is 5.82 Å². The molecule has 0 aromatic carbocycles. The maximum Gasteiger partial charge on any atom is 0.212 e. The number of rotatable bonds is 4. The van der Waals surface area contributed by atoms with E-state index in [2.05, 4.69) is 20.3 Å². The Labute approximate surface area is 112 Å². The summed E-state index contributed by atoms with van der Waals surface area (Å²) in [4.78, 5) is 13.1. The first-order valence-corrected chi connectivity index (χ1v) is 6.37. The summed E-state index contributed by atoms with van der Waals surface area (Å²) in [6.45, 7) is 2.01. The quantitative estimate of drug-likeness (QED) is 0.910. The molecule has 1 aliphatic carbocycles. The first kappa shape index (κ1) is 11.9. The molecule has 1 saturated carbocycles. The topological polar surface area (TPSA) is 59.9 Å². The molecular weight excluding hydrogens is 240 g/mol. The van der Waals surface area contributed by atoms with Crippen LogP contribution in [-0.4, -0.2) is 28.1 Å². The second kappa shape index (κ2) is 4.84. The fraction of sp³-hybridized carbons (Fsp3) is 0.357. The molecule has 5 heteroatoms. The lowest BCUT2D eigenvalue weighted by Crippen LogP contribution is -2.06. The van der Waals surface area contributed by atoms with Crippen molar-refractivity contribution in [2.45, 2.75) is 25.8 Å². The highest BCUT2D eigenvalue weighted by Crippen LogP contribution is 2.26. The fourth-order valence-electron chi connectivity index (χ4n) is 1.78. The second-order valence-corrected chi connectivity index (χ2v) is 4.73. The molecule has 2 heterocycles. The summed E-state index contributed by atoms with van der Waals surface area (Å²) in [5.41, 5.74) is 1.96. The highest BCUT2D eigenvalue weighted by molar-refractivity contribution is 5.58. The van der Waals surface area contributed by atoms with Crippen LogP contribution in [0.5, 0.6) is 5.88 Å². The molecule has 1 aliphatic rings. The summed E-state index contributed by atoms with van der Waals surface area (Å²) in [6.07, 6.45) is 6.02. The summed E-state index contributed by atoms with van der Waals surface area (Å²) in [6, 6.07) is 4.31. The summed E-state index contributed by atoms with van der Waals surface area (Å²) in [5.74, 6) is 2.19. The minimum atomic E-state index is 0.579. The van der Waals surface area contributed by atoms with Gasteiger partial charge in [-0.25, -0.2) is 15.0 Å². The second-order valence-electron chi connectivity index (χ2n) is 4.73. The van der Waals surface area contributed by atoms with E-state index >= 15 is 0 Å². The summed E-state index contributed by atoms with van der Waals surface area (Å²) in [7, 11) is 1.60. The molecule has 5 nitrogen and oxygen atoms in total. The number of hydrogen-bond donors (Lipinski definition) is 1. The van der Waals surface area contributed by atoms with Crippen molar-refractivity contribution in [2.24, 2.45) is 0 Å². The van der Waals surface area contributed by atoms with Gasteiger partial charge in [-0.3, -0.25) is 0 Å². The molecule has 3 rings (SSSR count). The maximum absolute atomic E-state index is 5.04. The zero-order chi connectivity index (χ0) is 13.2. The van der Waals surface area contributed by atoms with E-state index in [-0.39, 0.29) is 0 Å². The molecule has 0 spiro atoms. The molecule has 0 bridgehead atoms. The molecular formula is C14H16N4O. The van der Waals surface area contributed by atoms with Gasteiger partial charge in [-0.1, -0.05) is 0 Å². The van der Waals surface area contributed by atoms with Crippen molar-refractivity contribution in [2.75, 3.05) is 12.4 Å². The zero-order valence-electron chi connectivity index (χ0n) is 11.1. The molecule has 0 radical (unpaired) electrons. The maximum atomic E-state index is 5.04. The van der Waals surface area contributed by atoms with Crippen molar-refractivity contribution in [3.8, 4) is 17.3 Å². The highest BCUT2D eigenvalue weighted by atomic mass is 16.5. The number of hydrogen-bond acceptors (Lipinski definition) is 5. The molecule has 98 valence electrons. The summed E-state index contributed by atoms with van der Waals surface area (Å²) in [5, 5.41) is 3.42. The first-order valence-electron chi connectivity index (χ1n) is 6.37. The molecule has 0 aliphatic heterocycles. The van der Waals surface area contributed by atoms with Crippen LogP contribution in [0.1, 0.15) is 18.4 Å². The van der Waals surface area contributed by atoms with Crippen LogP contribution < -0.4 is 10.1 Å². The fourth-order valence-corrected chi connectivity index (χ4v) is 1.78. The van der Waals surface area contributed by atoms with Crippen LogP contribution in [0.4, 0.5) is 5.82 Å². The van der Waals surface area contributed by atoms with Gasteiger partial charge in [0.2, 0.25) is 5.88 Å². The normalized spacial score (nSPS) is 14.2. The Bertz CT molecular complexity index is 578. The Hall–Kier alpha value is -2.17. The Morgan fingerprint density at radius 3 is 2.68 bits per heavy atom. The van der Waals surface area contributed by atoms with Crippen LogP contribution in [0, 0.1) is 6.92 Å². The molecule has 2 aromatic heterocycles. The number of aryl methyl sites for hydroxylation is 1. The van der Waals surface area contributed by atoms with E-state index in [4.69, 9.17) is 4.74 Å². The Balaban J connectivity index is 1.90. The van der Waals surface area contributed by atoms with E-state index in [9.17, 15) is 0 Å². The van der Waals surface area contributed by atoms with Crippen molar-refractivity contribution < 1.29 is 4.74 Å². The average Bonchev–Trinajstić information content (AvgIpc) is 3.25. The van der Waals surface area contributed by atoms with Crippen molar-refractivity contribution in [3.63, 3.8) is 0 Å². The van der Waals surface area contributed by atoms with Gasteiger partial charge in [0.05, 0.1) is 7.11 Å². The number of aromatic nitrogens is 3. The van der Waals surface area contributed by atoms with Crippen molar-refractivity contribution in [1.82, 2.24) is 15.0 Å². The van der Waals surface area contributed by atoms with Crippen LogP contribution >= 0.6 is 0 Å². The van der Waals surface area contributed by atoms with E-state index in [0.29, 0.717) is 17.7 Å². The minimum Gasteiger partial charge on any atom is -0.481 e. The average molecular weight is 256 g/mol. The van der Waals surface area contributed by atoms with Gasteiger partial charge in [0.25, 0.3) is 0 Å². The van der Waals surface area contributed by atoms with E-state index in [0.717, 1.165) is 16.9 Å². The lowest BCUT2D eigenvalue weighted by atomic mass is 10.2. The van der Waals surface area contributed by atoms with Gasteiger partial charge >= 0.3 is 0 Å². The SMILES string of the molecule is COc1ccc(-c2ncc(C)c(NC3CC3)n2)cn1. The minimum absolute atomic E-state index is 0.579. The largest absolute Gasteiger partial charge is 0.481 e. The molecule has 0 unspecified atom stereocenters. The van der Waals surface area contributed by atoms with E-state index in [1.165, 1.54) is 12.8 Å². The molecule has 0 amide bonds. The van der Waals surface area contributed by atoms with E-state index < -0.39 is 0 Å². The van der Waals surface area contributed by atoms with Crippen molar-refractivity contribution in [3.05, 3.63) is 30.1 Å². The number of nitrogens with one attached hydrogen (secondary N) is 1. The molecule has 2 aromatic rings. The highest BCUT2D eigenvalue weighted by Gasteiger charge is 2.22. The predicted octanol–water partition coefficient (Wildman–Crippen LogP) is 2.43. The summed E-state index contributed by atoms with van der Waals surface area (Å²) >= 11 is 0. The number of methoxy groups -OCH3 is 1. The van der Waals surface area contributed by atoms with Gasteiger partial charge in [0.15, 0.2) is 5.82 Å². The predicted molar refractivity (Wildman–Crippen MR) is 73.2 cm³/mol. The molecule has 1 fully saturated rings. The number of ether oxygens (including phenoxy) is 1. The third-order valence-electron chi connectivity index (χ3n) is 3.09. The van der Waals surface area contributed by atoms with Crippen LogP contribution in [0.25, 0.3) is 11.4 Å². The standard InChI is InChI=1S/C14H16N4O/c1-9-7-16-14(18-13(9)17-11-4-5-11)10-3-6-12(19-2)15-8-10/h3,6-8,11H,4-5H2,1-2H3,(H,16,17,18). The monoisotopic (exact) mass is 256 g/mol. The van der Waals surface area contributed by atoms with Crippen molar-refractivity contribution in [1.29, 1.82) is 0 Å². The van der Waals surface area contributed by atoms with Gasteiger partial charge in [0.1, 0.15) is 5.82 Å². The van der Waals surface area contributed by atoms with Gasteiger partial charge in [-0.05, 0) is 25.8 Å². The number of pyridine rings is 1. The van der Waals surface area contributed by atoms with Gasteiger partial charge in [0, 0.05) is 35.6 Å². The third kappa shape index (κ3) is 2.65. The zero-order valence-corrected chi connectivity index (χ0v) is 11.1. The van der Waals surface area contributed by atoms with Gasteiger partial charge in [-0.2, -0.15) is 0 Å². The lowest BCUT2D eigenvalue weighted by Gasteiger charge is -2.09. The molecule has 0 atom stereocenters. The number of nitrogens with zero attached hydrogens (tertiary/aromatic N) is 3.